The van der Waals surface area contributed by atoms with E-state index in [-0.39, 0.29) is 5.91 Å². The van der Waals surface area contributed by atoms with Gasteiger partial charge in [-0.15, -0.1) is 0 Å². The van der Waals surface area contributed by atoms with Crippen LogP contribution >= 0.6 is 11.3 Å². The Labute approximate surface area is 107 Å². The van der Waals surface area contributed by atoms with Crippen LogP contribution in [0.2, 0.25) is 0 Å². The van der Waals surface area contributed by atoms with Crippen LogP contribution in [0.15, 0.2) is 16.8 Å². The minimum Gasteiger partial charge on any atom is -0.340 e. The SMILES string of the molecule is CN(CCCN)CC(=O)N(C)Cc1ccsc1. The Kier molecular flexibility index (Phi) is 6.18. The summed E-state index contributed by atoms with van der Waals surface area (Å²) in [5, 5.41) is 4.10. The number of amides is 1. The molecule has 1 aromatic heterocycles. The smallest absolute Gasteiger partial charge is 0.236 e. The van der Waals surface area contributed by atoms with Crippen LogP contribution in [0.5, 0.6) is 0 Å². The summed E-state index contributed by atoms with van der Waals surface area (Å²) in [6, 6.07) is 2.05. The van der Waals surface area contributed by atoms with E-state index >= 15 is 0 Å². The molecule has 1 amide bonds. The number of likely N-dealkylation sites (N-methyl/N-ethyl adjacent to an activating group) is 2. The molecule has 1 aromatic rings. The molecule has 0 spiro atoms. The molecule has 4 nitrogen and oxygen atoms in total. The number of nitrogens with zero attached hydrogens (tertiary/aromatic N) is 2. The summed E-state index contributed by atoms with van der Waals surface area (Å²) >= 11 is 1.66. The minimum atomic E-state index is 0.149. The second-order valence-corrected chi connectivity index (χ2v) is 5.04. The van der Waals surface area contributed by atoms with Gasteiger partial charge in [0.15, 0.2) is 0 Å². The zero-order chi connectivity index (χ0) is 12.7. The number of thiophene rings is 1. The first-order valence-electron chi connectivity index (χ1n) is 5.77. The number of nitrogens with two attached hydrogens (primary N) is 1. The molecule has 1 heterocycles. The van der Waals surface area contributed by atoms with E-state index in [1.165, 1.54) is 5.56 Å². The van der Waals surface area contributed by atoms with Crippen molar-refractivity contribution in [3.63, 3.8) is 0 Å². The van der Waals surface area contributed by atoms with Gasteiger partial charge in [-0.05, 0) is 48.9 Å². The molecule has 0 atom stereocenters. The molecule has 5 heteroatoms. The summed E-state index contributed by atoms with van der Waals surface area (Å²) < 4.78 is 0. The molecule has 0 aliphatic heterocycles. The van der Waals surface area contributed by atoms with Gasteiger partial charge in [-0.3, -0.25) is 9.69 Å². The Morgan fingerprint density at radius 1 is 1.47 bits per heavy atom. The molecular weight excluding hydrogens is 234 g/mol. The Hall–Kier alpha value is -0.910. The first kappa shape index (κ1) is 14.2. The average molecular weight is 255 g/mol. The molecule has 0 fully saturated rings. The summed E-state index contributed by atoms with van der Waals surface area (Å²) in [7, 11) is 3.79. The Balaban J connectivity index is 2.31. The number of carbonyl (C=O) groups is 1. The van der Waals surface area contributed by atoms with Gasteiger partial charge >= 0.3 is 0 Å². The van der Waals surface area contributed by atoms with Crippen molar-refractivity contribution in [2.24, 2.45) is 5.73 Å². The maximum absolute atomic E-state index is 11.9. The van der Waals surface area contributed by atoms with E-state index < -0.39 is 0 Å². The lowest BCUT2D eigenvalue weighted by atomic mass is 10.3. The fourth-order valence-corrected chi connectivity index (χ4v) is 2.20. The fraction of sp³-hybridized carbons (Fsp3) is 0.583. The highest BCUT2D eigenvalue weighted by Gasteiger charge is 2.11. The highest BCUT2D eigenvalue weighted by atomic mass is 32.1. The van der Waals surface area contributed by atoms with Crippen LogP contribution in [-0.4, -0.2) is 49.4 Å². The van der Waals surface area contributed by atoms with E-state index in [4.69, 9.17) is 5.73 Å². The highest BCUT2D eigenvalue weighted by molar-refractivity contribution is 7.07. The summed E-state index contributed by atoms with van der Waals surface area (Å²) in [5.41, 5.74) is 6.63. The highest BCUT2D eigenvalue weighted by Crippen LogP contribution is 2.08. The van der Waals surface area contributed by atoms with Crippen molar-refractivity contribution in [3.05, 3.63) is 22.4 Å². The molecule has 2 N–H and O–H groups in total. The van der Waals surface area contributed by atoms with Gasteiger partial charge in [-0.1, -0.05) is 0 Å². The third-order valence-electron chi connectivity index (χ3n) is 2.57. The minimum absolute atomic E-state index is 0.149. The van der Waals surface area contributed by atoms with Gasteiger partial charge in [0, 0.05) is 13.6 Å². The Morgan fingerprint density at radius 2 is 2.24 bits per heavy atom. The maximum atomic E-state index is 11.9. The summed E-state index contributed by atoms with van der Waals surface area (Å²) in [6.45, 7) is 2.69. The molecule has 17 heavy (non-hydrogen) atoms. The molecule has 0 aliphatic rings. The maximum Gasteiger partial charge on any atom is 0.236 e. The van der Waals surface area contributed by atoms with Crippen molar-refractivity contribution < 1.29 is 4.79 Å². The lowest BCUT2D eigenvalue weighted by molar-refractivity contribution is -0.131. The summed E-state index contributed by atoms with van der Waals surface area (Å²) in [4.78, 5) is 15.7. The van der Waals surface area contributed by atoms with Crippen LogP contribution in [0.1, 0.15) is 12.0 Å². The Morgan fingerprint density at radius 3 is 2.82 bits per heavy atom. The third-order valence-corrected chi connectivity index (χ3v) is 3.31. The van der Waals surface area contributed by atoms with Gasteiger partial charge in [0.05, 0.1) is 6.54 Å². The molecule has 0 aliphatic carbocycles. The number of carbonyl (C=O) groups excluding carboxylic acids is 1. The van der Waals surface area contributed by atoms with Crippen LogP contribution in [0, 0.1) is 0 Å². The van der Waals surface area contributed by atoms with Crippen molar-refractivity contribution in [2.45, 2.75) is 13.0 Å². The largest absolute Gasteiger partial charge is 0.340 e. The van der Waals surface area contributed by atoms with Crippen molar-refractivity contribution in [1.29, 1.82) is 0 Å². The molecule has 0 saturated heterocycles. The van der Waals surface area contributed by atoms with E-state index in [0.717, 1.165) is 13.0 Å². The van der Waals surface area contributed by atoms with Crippen LogP contribution in [0.4, 0.5) is 0 Å². The van der Waals surface area contributed by atoms with Crippen molar-refractivity contribution in [3.8, 4) is 0 Å². The predicted octanol–water partition coefficient (Wildman–Crippen LogP) is 0.987. The lowest BCUT2D eigenvalue weighted by Gasteiger charge is -2.21. The van der Waals surface area contributed by atoms with E-state index in [1.807, 2.05) is 30.4 Å². The van der Waals surface area contributed by atoms with E-state index in [1.54, 1.807) is 16.2 Å². The van der Waals surface area contributed by atoms with Gasteiger partial charge in [-0.25, -0.2) is 0 Å². The molecule has 1 rings (SSSR count). The van der Waals surface area contributed by atoms with Gasteiger partial charge in [0.1, 0.15) is 0 Å². The molecule has 0 saturated carbocycles. The Bertz CT molecular complexity index is 327. The van der Waals surface area contributed by atoms with E-state index in [9.17, 15) is 4.79 Å². The van der Waals surface area contributed by atoms with Crippen molar-refractivity contribution in [1.82, 2.24) is 9.80 Å². The molecular formula is C12H21N3OS. The van der Waals surface area contributed by atoms with Crippen molar-refractivity contribution >= 4 is 17.2 Å². The van der Waals surface area contributed by atoms with Crippen molar-refractivity contribution in [2.75, 3.05) is 33.7 Å². The number of hydrogen-bond acceptors (Lipinski definition) is 4. The third kappa shape index (κ3) is 5.30. The first-order chi connectivity index (χ1) is 8.13. The van der Waals surface area contributed by atoms with Gasteiger partial charge in [0.25, 0.3) is 0 Å². The van der Waals surface area contributed by atoms with Crippen LogP contribution in [0.25, 0.3) is 0 Å². The number of hydrogen-bond donors (Lipinski definition) is 1. The van der Waals surface area contributed by atoms with Gasteiger partial charge < -0.3 is 10.6 Å². The standard InChI is InChI=1S/C12H21N3OS/c1-14(6-3-5-13)9-12(16)15(2)8-11-4-7-17-10-11/h4,7,10H,3,5-6,8-9,13H2,1-2H3. The fourth-order valence-electron chi connectivity index (χ4n) is 1.54. The van der Waals surface area contributed by atoms with Gasteiger partial charge in [-0.2, -0.15) is 11.3 Å². The predicted molar refractivity (Wildman–Crippen MR) is 72.0 cm³/mol. The quantitative estimate of drug-likeness (QED) is 0.790. The zero-order valence-corrected chi connectivity index (χ0v) is 11.4. The average Bonchev–Trinajstić information content (AvgIpc) is 2.78. The number of rotatable bonds is 7. The first-order valence-corrected chi connectivity index (χ1v) is 6.71. The molecule has 0 radical (unpaired) electrons. The lowest BCUT2D eigenvalue weighted by Crippen LogP contribution is -2.36. The van der Waals surface area contributed by atoms with E-state index in [0.29, 0.717) is 19.6 Å². The van der Waals surface area contributed by atoms with Crippen LogP contribution in [0.3, 0.4) is 0 Å². The zero-order valence-electron chi connectivity index (χ0n) is 10.6. The topological polar surface area (TPSA) is 49.6 Å². The van der Waals surface area contributed by atoms with Crippen LogP contribution < -0.4 is 5.73 Å². The molecule has 0 aromatic carbocycles. The normalized spacial score (nSPS) is 10.8. The molecule has 0 unspecified atom stereocenters. The molecule has 96 valence electrons. The second kappa shape index (κ2) is 7.42. The monoisotopic (exact) mass is 255 g/mol. The van der Waals surface area contributed by atoms with Crippen LogP contribution in [-0.2, 0) is 11.3 Å². The summed E-state index contributed by atoms with van der Waals surface area (Å²) in [6.07, 6.45) is 0.929. The molecule has 0 bridgehead atoms. The van der Waals surface area contributed by atoms with E-state index in [2.05, 4.69) is 5.38 Å². The second-order valence-electron chi connectivity index (χ2n) is 4.26. The van der Waals surface area contributed by atoms with Gasteiger partial charge in [0.2, 0.25) is 5.91 Å². The summed E-state index contributed by atoms with van der Waals surface area (Å²) in [5.74, 6) is 0.149.